The Morgan fingerprint density at radius 3 is 2.62 bits per heavy atom. The molecule has 0 saturated heterocycles. The number of carbonyl (C=O) groups excluding carboxylic acids is 1. The first-order valence-corrected chi connectivity index (χ1v) is 10.6. The van der Waals surface area contributed by atoms with Gasteiger partial charge >= 0.3 is 0 Å². The molecule has 4 saturated carbocycles. The number of hydrogen-bond donors (Lipinski definition) is 1. The van der Waals surface area contributed by atoms with Gasteiger partial charge in [-0.2, -0.15) is 5.10 Å². The number of thiophene rings is 1. The number of nitrogens with zero attached hydrogens (tertiary/aromatic N) is 2. The van der Waals surface area contributed by atoms with Crippen molar-refractivity contribution in [2.45, 2.75) is 58.0 Å². The van der Waals surface area contributed by atoms with E-state index in [0.717, 1.165) is 23.1 Å². The Bertz CT molecular complexity index is 880. The molecule has 1 atom stereocenters. The Morgan fingerprint density at radius 1 is 1.31 bits per heavy atom. The summed E-state index contributed by atoms with van der Waals surface area (Å²) in [6.07, 6.45) is 9.67. The zero-order chi connectivity index (χ0) is 17.9. The molecule has 1 N–H and O–H groups in total. The van der Waals surface area contributed by atoms with Gasteiger partial charge in [-0.3, -0.25) is 9.59 Å². The SMILES string of the molecule is C[C@@H](NC(=O)Cn1ncc2ccsc2c1=O)C12CC3CC(CC(C3)C1)C2. The number of fused-ring (bicyclic) bond motifs is 1. The van der Waals surface area contributed by atoms with E-state index in [9.17, 15) is 9.59 Å². The van der Waals surface area contributed by atoms with Crippen LogP contribution in [0.5, 0.6) is 0 Å². The molecule has 2 aromatic rings. The van der Waals surface area contributed by atoms with E-state index < -0.39 is 0 Å². The van der Waals surface area contributed by atoms with Gasteiger partial charge in [0.1, 0.15) is 11.2 Å². The van der Waals surface area contributed by atoms with Gasteiger partial charge in [-0.05, 0) is 80.1 Å². The molecule has 0 aromatic carbocycles. The average molecular weight is 372 g/mol. The minimum Gasteiger partial charge on any atom is -0.351 e. The molecule has 0 spiro atoms. The van der Waals surface area contributed by atoms with E-state index in [0.29, 0.717) is 4.70 Å². The van der Waals surface area contributed by atoms with Crippen LogP contribution >= 0.6 is 11.3 Å². The summed E-state index contributed by atoms with van der Waals surface area (Å²) < 4.78 is 1.96. The lowest BCUT2D eigenvalue weighted by atomic mass is 9.48. The van der Waals surface area contributed by atoms with Crippen molar-refractivity contribution in [1.29, 1.82) is 0 Å². The normalized spacial score (nSPS) is 33.5. The molecule has 0 aliphatic heterocycles. The summed E-state index contributed by atoms with van der Waals surface area (Å²) in [6.45, 7) is 2.17. The Hall–Kier alpha value is -1.69. The van der Waals surface area contributed by atoms with Gasteiger partial charge in [0.05, 0.1) is 6.20 Å². The highest BCUT2D eigenvalue weighted by Crippen LogP contribution is 2.61. The van der Waals surface area contributed by atoms with Crippen LogP contribution in [0.4, 0.5) is 0 Å². The van der Waals surface area contributed by atoms with E-state index in [1.807, 2.05) is 11.4 Å². The predicted octanol–water partition coefficient (Wildman–Crippen LogP) is 3.18. The van der Waals surface area contributed by atoms with Crippen molar-refractivity contribution in [3.63, 3.8) is 0 Å². The summed E-state index contributed by atoms with van der Waals surface area (Å²) in [5.74, 6) is 2.50. The molecule has 2 heterocycles. The third-order valence-corrected chi connectivity index (χ3v) is 8.05. The van der Waals surface area contributed by atoms with E-state index in [2.05, 4.69) is 17.3 Å². The molecule has 4 aliphatic rings. The monoisotopic (exact) mass is 371 g/mol. The summed E-state index contributed by atoms with van der Waals surface area (Å²) in [7, 11) is 0. The lowest BCUT2D eigenvalue weighted by Crippen LogP contribution is -2.56. The second-order valence-corrected chi connectivity index (χ2v) is 9.80. The second kappa shape index (κ2) is 5.91. The molecule has 138 valence electrons. The van der Waals surface area contributed by atoms with Crippen LogP contribution in [0.1, 0.15) is 45.4 Å². The van der Waals surface area contributed by atoms with Gasteiger partial charge < -0.3 is 5.32 Å². The van der Waals surface area contributed by atoms with E-state index >= 15 is 0 Å². The van der Waals surface area contributed by atoms with Gasteiger partial charge in [-0.15, -0.1) is 11.3 Å². The second-order valence-electron chi connectivity index (χ2n) is 8.88. The molecule has 6 rings (SSSR count). The Kier molecular flexibility index (Phi) is 3.75. The average Bonchev–Trinajstić information content (AvgIpc) is 3.05. The Labute approximate surface area is 156 Å². The van der Waals surface area contributed by atoms with Crippen molar-refractivity contribution in [3.8, 4) is 0 Å². The maximum Gasteiger partial charge on any atom is 0.285 e. The molecule has 1 amide bonds. The van der Waals surface area contributed by atoms with E-state index in [1.54, 1.807) is 6.20 Å². The zero-order valence-electron chi connectivity index (χ0n) is 15.1. The van der Waals surface area contributed by atoms with Crippen LogP contribution in [0.2, 0.25) is 0 Å². The van der Waals surface area contributed by atoms with Crippen molar-refractivity contribution in [2.75, 3.05) is 0 Å². The van der Waals surface area contributed by atoms with Gasteiger partial charge in [0.2, 0.25) is 5.91 Å². The molecule has 2 aromatic heterocycles. The fraction of sp³-hybridized carbons (Fsp3) is 0.650. The zero-order valence-corrected chi connectivity index (χ0v) is 15.9. The number of hydrogen-bond acceptors (Lipinski definition) is 4. The lowest BCUT2D eigenvalue weighted by Gasteiger charge is -2.59. The summed E-state index contributed by atoms with van der Waals surface area (Å²) in [5, 5.41) is 10.1. The molecule has 0 radical (unpaired) electrons. The third-order valence-electron chi connectivity index (χ3n) is 7.14. The number of aromatic nitrogens is 2. The lowest BCUT2D eigenvalue weighted by molar-refractivity contribution is -0.126. The summed E-state index contributed by atoms with van der Waals surface area (Å²) >= 11 is 1.40. The molecule has 4 bridgehead atoms. The number of rotatable bonds is 4. The minimum atomic E-state index is -0.171. The van der Waals surface area contributed by atoms with Crippen LogP contribution in [-0.4, -0.2) is 21.7 Å². The predicted molar refractivity (Wildman–Crippen MR) is 102 cm³/mol. The number of amides is 1. The molecule has 0 unspecified atom stereocenters. The van der Waals surface area contributed by atoms with Crippen molar-refractivity contribution in [1.82, 2.24) is 15.1 Å². The topological polar surface area (TPSA) is 64.0 Å². The van der Waals surface area contributed by atoms with E-state index in [-0.39, 0.29) is 29.5 Å². The van der Waals surface area contributed by atoms with Crippen LogP contribution in [0, 0.1) is 23.2 Å². The molecule has 4 aliphatic carbocycles. The smallest absolute Gasteiger partial charge is 0.285 e. The number of nitrogens with one attached hydrogen (secondary N) is 1. The molecule has 5 nitrogen and oxygen atoms in total. The largest absolute Gasteiger partial charge is 0.351 e. The fourth-order valence-electron chi connectivity index (χ4n) is 6.29. The molecule has 6 heteroatoms. The first-order chi connectivity index (χ1) is 12.5. The van der Waals surface area contributed by atoms with Crippen LogP contribution in [0.15, 0.2) is 22.4 Å². The third kappa shape index (κ3) is 2.61. The summed E-state index contributed by atoms with van der Waals surface area (Å²) in [5.41, 5.74) is 0.107. The highest BCUT2D eigenvalue weighted by molar-refractivity contribution is 7.17. The van der Waals surface area contributed by atoms with Crippen LogP contribution in [0.25, 0.3) is 10.1 Å². The number of carbonyl (C=O) groups is 1. The van der Waals surface area contributed by atoms with Gasteiger partial charge in [0.25, 0.3) is 5.56 Å². The Morgan fingerprint density at radius 2 is 1.96 bits per heavy atom. The van der Waals surface area contributed by atoms with E-state index in [1.165, 1.54) is 54.5 Å². The first kappa shape index (κ1) is 16.5. The quantitative estimate of drug-likeness (QED) is 0.898. The highest BCUT2D eigenvalue weighted by Gasteiger charge is 2.53. The van der Waals surface area contributed by atoms with Crippen LogP contribution in [0.3, 0.4) is 0 Å². The summed E-state index contributed by atoms with van der Waals surface area (Å²) in [6, 6.07) is 2.05. The van der Waals surface area contributed by atoms with Gasteiger partial charge in [0.15, 0.2) is 0 Å². The van der Waals surface area contributed by atoms with Crippen LogP contribution in [-0.2, 0) is 11.3 Å². The van der Waals surface area contributed by atoms with Gasteiger partial charge in [-0.1, -0.05) is 0 Å². The minimum absolute atomic E-state index is 0.00335. The Balaban J connectivity index is 1.31. The van der Waals surface area contributed by atoms with Crippen molar-refractivity contribution in [3.05, 3.63) is 28.0 Å². The maximum absolute atomic E-state index is 12.6. The highest BCUT2D eigenvalue weighted by atomic mass is 32.1. The molecular formula is C20H25N3O2S. The fourth-order valence-corrected chi connectivity index (χ4v) is 7.11. The van der Waals surface area contributed by atoms with Crippen molar-refractivity contribution >= 4 is 27.3 Å². The van der Waals surface area contributed by atoms with Crippen LogP contribution < -0.4 is 10.9 Å². The molecular weight excluding hydrogens is 346 g/mol. The van der Waals surface area contributed by atoms with Crippen molar-refractivity contribution in [2.24, 2.45) is 23.2 Å². The van der Waals surface area contributed by atoms with E-state index in [4.69, 9.17) is 0 Å². The standard InChI is InChI=1S/C20H25N3O2S/c1-12(20-7-13-4-14(8-20)6-15(5-13)9-20)22-17(24)11-23-19(25)18-16(10-21-23)2-3-26-18/h2-3,10,12-15H,4-9,11H2,1H3,(H,22,24)/t12-,13?,14?,15?,20?/m1/s1. The maximum atomic E-state index is 12.6. The molecule has 4 fully saturated rings. The first-order valence-electron chi connectivity index (χ1n) is 9.75. The van der Waals surface area contributed by atoms with Gasteiger partial charge in [0, 0.05) is 11.4 Å². The summed E-state index contributed by atoms with van der Waals surface area (Å²) in [4.78, 5) is 25.1. The molecule has 26 heavy (non-hydrogen) atoms. The van der Waals surface area contributed by atoms with Crippen molar-refractivity contribution < 1.29 is 4.79 Å². The van der Waals surface area contributed by atoms with Gasteiger partial charge in [-0.25, -0.2) is 4.68 Å².